The Morgan fingerprint density at radius 1 is 1.47 bits per heavy atom. The molecule has 1 aliphatic heterocycles. The summed E-state index contributed by atoms with van der Waals surface area (Å²) in [5.41, 5.74) is 0.974. The molecule has 0 aromatic carbocycles. The molecule has 0 radical (unpaired) electrons. The smallest absolute Gasteiger partial charge is 0.354 e. The van der Waals surface area contributed by atoms with E-state index in [1.165, 1.54) is 4.68 Å². The zero-order valence-corrected chi connectivity index (χ0v) is 10.5. The zero-order chi connectivity index (χ0) is 12.8. The number of sulfone groups is 1. The summed E-state index contributed by atoms with van der Waals surface area (Å²) in [5.74, 6) is -1.28. The van der Waals surface area contributed by atoms with E-state index in [0.29, 0.717) is 17.7 Å². The van der Waals surface area contributed by atoms with E-state index in [0.717, 1.165) is 0 Å². The summed E-state index contributed by atoms with van der Waals surface area (Å²) in [6.45, 7) is 3.64. The lowest BCUT2D eigenvalue weighted by atomic mass is 10.1. The Hall–Kier alpha value is -1.37. The van der Waals surface area contributed by atoms with Gasteiger partial charge < -0.3 is 5.11 Å². The van der Waals surface area contributed by atoms with Gasteiger partial charge in [-0.25, -0.2) is 13.2 Å². The van der Waals surface area contributed by atoms with E-state index in [2.05, 4.69) is 5.10 Å². The topological polar surface area (TPSA) is 89.3 Å². The van der Waals surface area contributed by atoms with Crippen molar-refractivity contribution in [1.82, 2.24) is 9.78 Å². The van der Waals surface area contributed by atoms with Crippen molar-refractivity contribution in [3.8, 4) is 0 Å². The minimum atomic E-state index is -3.18. The third kappa shape index (κ3) is 2.06. The lowest BCUT2D eigenvalue weighted by molar-refractivity contribution is 0.0680. The number of aromatic nitrogens is 2. The number of carboxylic acid groups (broad SMARTS) is 1. The number of nitrogens with zero attached hydrogens (tertiary/aromatic N) is 2. The molecule has 2 rings (SSSR count). The van der Waals surface area contributed by atoms with Crippen LogP contribution in [-0.2, 0) is 22.0 Å². The van der Waals surface area contributed by atoms with Crippen molar-refractivity contribution < 1.29 is 18.3 Å². The fraction of sp³-hybridized carbons (Fsp3) is 0.600. The molecule has 0 atom stereocenters. The predicted molar refractivity (Wildman–Crippen MR) is 60.8 cm³/mol. The first-order chi connectivity index (χ1) is 7.82. The van der Waals surface area contributed by atoms with Crippen LogP contribution < -0.4 is 0 Å². The van der Waals surface area contributed by atoms with E-state index in [1.54, 1.807) is 0 Å². The van der Waals surface area contributed by atoms with Gasteiger partial charge in [0.05, 0.1) is 17.2 Å². The van der Waals surface area contributed by atoms with E-state index in [9.17, 15) is 18.3 Å². The third-order valence-electron chi connectivity index (χ3n) is 2.80. The lowest BCUT2D eigenvalue weighted by Gasteiger charge is -2.11. The van der Waals surface area contributed by atoms with Crippen LogP contribution in [0.1, 0.15) is 41.6 Å². The average molecular weight is 258 g/mol. The second kappa shape index (κ2) is 3.83. The number of hydrogen-bond donors (Lipinski definition) is 1. The average Bonchev–Trinajstić information content (AvgIpc) is 2.54. The van der Waals surface area contributed by atoms with E-state index in [1.807, 2.05) is 13.8 Å². The van der Waals surface area contributed by atoms with Gasteiger partial charge in [0.1, 0.15) is 0 Å². The van der Waals surface area contributed by atoms with Crippen LogP contribution in [0.4, 0.5) is 0 Å². The molecular weight excluding hydrogens is 244 g/mol. The highest BCUT2D eigenvalue weighted by Gasteiger charge is 2.31. The maximum absolute atomic E-state index is 11.5. The van der Waals surface area contributed by atoms with Crippen molar-refractivity contribution in [2.75, 3.05) is 5.75 Å². The van der Waals surface area contributed by atoms with Crippen LogP contribution in [0.15, 0.2) is 0 Å². The third-order valence-corrected chi connectivity index (χ3v) is 4.35. The van der Waals surface area contributed by atoms with Crippen molar-refractivity contribution in [3.05, 3.63) is 17.0 Å². The van der Waals surface area contributed by atoms with Crippen LogP contribution in [0.3, 0.4) is 0 Å². The Labute approximate surface area is 99.2 Å². The minimum Gasteiger partial charge on any atom is -0.477 e. The molecule has 0 spiro atoms. The van der Waals surface area contributed by atoms with Crippen molar-refractivity contribution in [2.24, 2.45) is 0 Å². The summed E-state index contributed by atoms with van der Waals surface area (Å²) in [6, 6.07) is -0.102. The first kappa shape index (κ1) is 12.1. The number of fused-ring (bicyclic) bond motifs is 1. The molecule has 17 heavy (non-hydrogen) atoms. The highest BCUT2D eigenvalue weighted by atomic mass is 32.2. The van der Waals surface area contributed by atoms with Crippen LogP contribution in [0.5, 0.6) is 0 Å². The Morgan fingerprint density at radius 2 is 2.12 bits per heavy atom. The maximum atomic E-state index is 11.5. The highest BCUT2D eigenvalue weighted by molar-refractivity contribution is 7.90. The van der Waals surface area contributed by atoms with Gasteiger partial charge in [-0.15, -0.1) is 0 Å². The molecule has 0 bridgehead atoms. The Bertz CT molecular complexity index is 571. The van der Waals surface area contributed by atoms with Gasteiger partial charge >= 0.3 is 5.97 Å². The zero-order valence-electron chi connectivity index (χ0n) is 9.67. The molecule has 7 heteroatoms. The minimum absolute atomic E-state index is 0.0123. The molecule has 0 unspecified atom stereocenters. The van der Waals surface area contributed by atoms with Gasteiger partial charge in [-0.3, -0.25) is 4.68 Å². The molecule has 0 saturated heterocycles. The summed E-state index contributed by atoms with van der Waals surface area (Å²) < 4.78 is 24.5. The number of carboxylic acids is 1. The molecule has 0 saturated carbocycles. The van der Waals surface area contributed by atoms with E-state index in [4.69, 9.17) is 0 Å². The molecular formula is C10H14N2O4S. The summed E-state index contributed by atoms with van der Waals surface area (Å²) in [6.07, 6.45) is 0.303. The molecule has 2 heterocycles. The SMILES string of the molecule is CC(C)n1nc2c(c1C(=O)O)CS(=O)(=O)CC2. The van der Waals surface area contributed by atoms with Gasteiger partial charge in [-0.05, 0) is 13.8 Å². The molecule has 0 amide bonds. The number of aryl methyl sites for hydroxylation is 1. The van der Waals surface area contributed by atoms with Crippen LogP contribution in [0.25, 0.3) is 0 Å². The quantitative estimate of drug-likeness (QED) is 0.840. The first-order valence-electron chi connectivity index (χ1n) is 5.36. The van der Waals surface area contributed by atoms with E-state index >= 15 is 0 Å². The molecule has 0 aliphatic carbocycles. The van der Waals surface area contributed by atoms with Gasteiger partial charge in [0.2, 0.25) is 0 Å². The second-order valence-corrected chi connectivity index (χ2v) is 6.64. The molecule has 1 N–H and O–H groups in total. The Morgan fingerprint density at radius 3 is 2.65 bits per heavy atom. The van der Waals surface area contributed by atoms with Crippen LogP contribution in [0, 0.1) is 0 Å². The number of rotatable bonds is 2. The molecule has 1 aromatic heterocycles. The van der Waals surface area contributed by atoms with Crippen molar-refractivity contribution >= 4 is 15.8 Å². The molecule has 1 aliphatic rings. The molecule has 94 valence electrons. The predicted octanol–water partition coefficient (Wildman–Crippen LogP) is 0.633. The first-order valence-corrected chi connectivity index (χ1v) is 7.18. The Balaban J connectivity index is 2.63. The van der Waals surface area contributed by atoms with Gasteiger partial charge in [0.25, 0.3) is 0 Å². The largest absolute Gasteiger partial charge is 0.477 e. The van der Waals surface area contributed by atoms with Crippen LogP contribution in [0.2, 0.25) is 0 Å². The van der Waals surface area contributed by atoms with Crippen molar-refractivity contribution in [3.63, 3.8) is 0 Å². The summed E-state index contributed by atoms with van der Waals surface area (Å²) in [4.78, 5) is 11.2. The fourth-order valence-electron chi connectivity index (χ4n) is 2.01. The fourth-order valence-corrected chi connectivity index (χ4v) is 3.40. The lowest BCUT2D eigenvalue weighted by Crippen LogP contribution is -2.20. The van der Waals surface area contributed by atoms with Gasteiger partial charge in [0, 0.05) is 18.0 Å². The Kier molecular flexibility index (Phi) is 2.73. The van der Waals surface area contributed by atoms with E-state index < -0.39 is 15.8 Å². The maximum Gasteiger partial charge on any atom is 0.354 e. The van der Waals surface area contributed by atoms with Gasteiger partial charge in [-0.2, -0.15) is 5.10 Å². The number of carbonyl (C=O) groups is 1. The van der Waals surface area contributed by atoms with Crippen LogP contribution in [-0.4, -0.2) is 35.0 Å². The standard InChI is InChI=1S/C10H14N2O4S/c1-6(2)12-9(10(13)14)7-5-17(15,16)4-3-8(7)11-12/h6H,3-5H2,1-2H3,(H,13,14). The van der Waals surface area contributed by atoms with Crippen LogP contribution >= 0.6 is 0 Å². The van der Waals surface area contributed by atoms with E-state index in [-0.39, 0.29) is 23.2 Å². The van der Waals surface area contributed by atoms with Gasteiger partial charge in [-0.1, -0.05) is 0 Å². The molecule has 6 nitrogen and oxygen atoms in total. The normalized spacial score (nSPS) is 18.1. The van der Waals surface area contributed by atoms with Gasteiger partial charge in [0.15, 0.2) is 15.5 Å². The summed E-state index contributed by atoms with van der Waals surface area (Å²) in [5, 5.41) is 13.4. The summed E-state index contributed by atoms with van der Waals surface area (Å²) >= 11 is 0. The monoisotopic (exact) mass is 258 g/mol. The van der Waals surface area contributed by atoms with Crippen molar-refractivity contribution in [1.29, 1.82) is 0 Å². The summed E-state index contributed by atoms with van der Waals surface area (Å²) in [7, 11) is -3.18. The van der Waals surface area contributed by atoms with Crippen molar-refractivity contribution in [2.45, 2.75) is 32.1 Å². The molecule has 0 fully saturated rings. The second-order valence-electron chi connectivity index (χ2n) is 4.46. The molecule has 1 aromatic rings. The number of hydrogen-bond acceptors (Lipinski definition) is 4. The highest BCUT2D eigenvalue weighted by Crippen LogP contribution is 2.25. The number of aromatic carboxylic acids is 1.